The summed E-state index contributed by atoms with van der Waals surface area (Å²) in [6, 6.07) is 9.12. The third-order valence-corrected chi connectivity index (χ3v) is 4.54. The van der Waals surface area contributed by atoms with Crippen molar-refractivity contribution in [3.63, 3.8) is 0 Å². The van der Waals surface area contributed by atoms with E-state index < -0.39 is 0 Å². The second kappa shape index (κ2) is 4.97. The fraction of sp³-hybridized carbons (Fsp3) is 0.562. The van der Waals surface area contributed by atoms with Crippen molar-refractivity contribution in [2.45, 2.75) is 38.8 Å². The van der Waals surface area contributed by atoms with Gasteiger partial charge in [-0.25, -0.2) is 0 Å². The summed E-state index contributed by atoms with van der Waals surface area (Å²) < 4.78 is 0. The first-order valence-electron chi connectivity index (χ1n) is 7.22. The summed E-state index contributed by atoms with van der Waals surface area (Å²) in [6.07, 6.45) is 1.69. The number of rotatable bonds is 2. The van der Waals surface area contributed by atoms with Gasteiger partial charge in [-0.15, -0.1) is 0 Å². The summed E-state index contributed by atoms with van der Waals surface area (Å²) in [5.74, 6) is 0.949. The minimum absolute atomic E-state index is 0.285. The van der Waals surface area contributed by atoms with E-state index in [1.165, 1.54) is 5.56 Å². The van der Waals surface area contributed by atoms with Crippen molar-refractivity contribution in [3.8, 4) is 0 Å². The largest absolute Gasteiger partial charge is 0.335 e. The van der Waals surface area contributed by atoms with Crippen LogP contribution in [0.25, 0.3) is 0 Å². The molecule has 2 saturated heterocycles. The van der Waals surface area contributed by atoms with Gasteiger partial charge >= 0.3 is 0 Å². The zero-order chi connectivity index (χ0) is 13.4. The highest BCUT2D eigenvalue weighted by molar-refractivity contribution is 5.80. The van der Waals surface area contributed by atoms with Gasteiger partial charge in [-0.1, -0.05) is 29.8 Å². The van der Waals surface area contributed by atoms with Gasteiger partial charge in [0.25, 0.3) is 0 Å². The molecule has 2 heterocycles. The van der Waals surface area contributed by atoms with Crippen LogP contribution in [-0.4, -0.2) is 36.0 Å². The molecule has 0 bridgehead atoms. The molecule has 3 rings (SSSR count). The highest BCUT2D eigenvalue weighted by Gasteiger charge is 2.43. The van der Waals surface area contributed by atoms with Crippen LogP contribution >= 0.6 is 0 Å². The van der Waals surface area contributed by atoms with Crippen molar-refractivity contribution in [3.05, 3.63) is 35.4 Å². The van der Waals surface area contributed by atoms with Crippen LogP contribution in [0.5, 0.6) is 0 Å². The molecule has 3 unspecified atom stereocenters. The predicted octanol–water partition coefficient (Wildman–Crippen LogP) is 1.75. The van der Waals surface area contributed by atoms with Crippen LogP contribution in [-0.2, 0) is 11.2 Å². The topological polar surface area (TPSA) is 32.3 Å². The van der Waals surface area contributed by atoms with Gasteiger partial charge in [-0.2, -0.15) is 0 Å². The first-order chi connectivity index (χ1) is 9.15. The van der Waals surface area contributed by atoms with Crippen molar-refractivity contribution >= 4 is 5.91 Å². The molecule has 102 valence electrons. The Balaban J connectivity index is 1.71. The molecule has 0 radical (unpaired) electrons. The Morgan fingerprint density at radius 1 is 1.32 bits per heavy atom. The van der Waals surface area contributed by atoms with E-state index in [4.69, 9.17) is 0 Å². The first kappa shape index (κ1) is 12.7. The molecule has 3 nitrogen and oxygen atoms in total. The zero-order valence-corrected chi connectivity index (χ0v) is 11.7. The molecular formula is C16H22N2O. The van der Waals surface area contributed by atoms with Crippen molar-refractivity contribution < 1.29 is 4.79 Å². The Labute approximate surface area is 115 Å². The van der Waals surface area contributed by atoms with Gasteiger partial charge in [0, 0.05) is 25.2 Å². The van der Waals surface area contributed by atoms with Crippen molar-refractivity contribution in [1.82, 2.24) is 10.2 Å². The number of hydrogen-bond acceptors (Lipinski definition) is 2. The van der Waals surface area contributed by atoms with Gasteiger partial charge in [0.15, 0.2) is 0 Å². The lowest BCUT2D eigenvalue weighted by Gasteiger charge is -2.27. The van der Waals surface area contributed by atoms with E-state index in [0.29, 0.717) is 24.4 Å². The van der Waals surface area contributed by atoms with Gasteiger partial charge in [-0.05, 0) is 31.7 Å². The van der Waals surface area contributed by atoms with E-state index >= 15 is 0 Å². The summed E-state index contributed by atoms with van der Waals surface area (Å²) in [5, 5.41) is 3.41. The predicted molar refractivity (Wildman–Crippen MR) is 76.0 cm³/mol. The standard InChI is InChI=1S/C16H22N2O/c1-11-3-5-13(6-4-11)8-16(19)18-12(2)7-14-9-17-10-15(14)18/h3-6,12,14-15,17H,7-10H2,1-2H3. The van der Waals surface area contributed by atoms with Crippen LogP contribution in [0.3, 0.4) is 0 Å². The lowest BCUT2D eigenvalue weighted by Crippen LogP contribution is -2.43. The molecule has 1 aromatic carbocycles. The number of nitrogens with zero attached hydrogens (tertiary/aromatic N) is 1. The average molecular weight is 258 g/mol. The lowest BCUT2D eigenvalue weighted by atomic mass is 10.0. The second-order valence-corrected chi connectivity index (χ2v) is 6.03. The average Bonchev–Trinajstić information content (AvgIpc) is 2.91. The van der Waals surface area contributed by atoms with Gasteiger partial charge in [0.1, 0.15) is 0 Å². The van der Waals surface area contributed by atoms with Crippen LogP contribution in [0, 0.1) is 12.8 Å². The molecule has 0 saturated carbocycles. The number of carbonyl (C=O) groups is 1. The Bertz CT molecular complexity index is 468. The Morgan fingerprint density at radius 3 is 2.79 bits per heavy atom. The maximum Gasteiger partial charge on any atom is 0.227 e. The van der Waals surface area contributed by atoms with Gasteiger partial charge in [0.05, 0.1) is 6.42 Å². The molecule has 3 atom stereocenters. The van der Waals surface area contributed by atoms with Crippen LogP contribution in [0.1, 0.15) is 24.5 Å². The minimum atomic E-state index is 0.285. The molecule has 19 heavy (non-hydrogen) atoms. The number of benzene rings is 1. The minimum Gasteiger partial charge on any atom is -0.335 e. The second-order valence-electron chi connectivity index (χ2n) is 6.03. The van der Waals surface area contributed by atoms with E-state index in [9.17, 15) is 4.79 Å². The van der Waals surface area contributed by atoms with Crippen molar-refractivity contribution in [2.75, 3.05) is 13.1 Å². The maximum atomic E-state index is 12.6. The summed E-state index contributed by atoms with van der Waals surface area (Å²) in [7, 11) is 0. The van der Waals surface area contributed by atoms with Gasteiger partial charge in [0.2, 0.25) is 5.91 Å². The lowest BCUT2D eigenvalue weighted by molar-refractivity contribution is -0.133. The van der Waals surface area contributed by atoms with Crippen LogP contribution in [0.15, 0.2) is 24.3 Å². The van der Waals surface area contributed by atoms with Crippen molar-refractivity contribution in [2.24, 2.45) is 5.92 Å². The first-order valence-corrected chi connectivity index (χ1v) is 7.22. The molecule has 2 fully saturated rings. The molecule has 1 amide bonds. The molecule has 0 aromatic heterocycles. The van der Waals surface area contributed by atoms with Crippen LogP contribution in [0.2, 0.25) is 0 Å². The Hall–Kier alpha value is -1.35. The highest BCUT2D eigenvalue weighted by atomic mass is 16.2. The van der Waals surface area contributed by atoms with E-state index in [0.717, 1.165) is 25.1 Å². The van der Waals surface area contributed by atoms with E-state index in [1.807, 2.05) is 0 Å². The molecule has 2 aliphatic rings. The maximum absolute atomic E-state index is 12.6. The number of aryl methyl sites for hydroxylation is 1. The fourth-order valence-electron chi connectivity index (χ4n) is 3.57. The molecule has 3 heteroatoms. The number of hydrogen-bond donors (Lipinski definition) is 1. The van der Waals surface area contributed by atoms with E-state index in [1.54, 1.807) is 0 Å². The van der Waals surface area contributed by atoms with E-state index in [2.05, 4.69) is 48.3 Å². The van der Waals surface area contributed by atoms with Gasteiger partial charge < -0.3 is 10.2 Å². The molecule has 2 aliphatic heterocycles. The number of carbonyl (C=O) groups excluding carboxylic acids is 1. The number of fused-ring (bicyclic) bond motifs is 1. The van der Waals surface area contributed by atoms with E-state index in [-0.39, 0.29) is 5.91 Å². The smallest absolute Gasteiger partial charge is 0.227 e. The summed E-state index contributed by atoms with van der Waals surface area (Å²) in [4.78, 5) is 14.7. The SMILES string of the molecule is Cc1ccc(CC(=O)N2C(C)CC3CNCC32)cc1. The fourth-order valence-corrected chi connectivity index (χ4v) is 3.57. The summed E-state index contributed by atoms with van der Waals surface area (Å²) in [5.41, 5.74) is 2.36. The highest BCUT2D eigenvalue weighted by Crippen LogP contribution is 2.32. The molecular weight excluding hydrogens is 236 g/mol. The Kier molecular flexibility index (Phi) is 3.31. The van der Waals surface area contributed by atoms with Crippen LogP contribution < -0.4 is 5.32 Å². The van der Waals surface area contributed by atoms with Crippen LogP contribution in [0.4, 0.5) is 0 Å². The Morgan fingerprint density at radius 2 is 2.05 bits per heavy atom. The number of likely N-dealkylation sites (tertiary alicyclic amines) is 1. The third kappa shape index (κ3) is 2.39. The third-order valence-electron chi connectivity index (χ3n) is 4.54. The zero-order valence-electron chi connectivity index (χ0n) is 11.7. The van der Waals surface area contributed by atoms with Gasteiger partial charge in [-0.3, -0.25) is 4.79 Å². The van der Waals surface area contributed by atoms with Crippen molar-refractivity contribution in [1.29, 1.82) is 0 Å². The summed E-state index contributed by atoms with van der Waals surface area (Å²) >= 11 is 0. The summed E-state index contributed by atoms with van der Waals surface area (Å²) in [6.45, 7) is 6.30. The monoisotopic (exact) mass is 258 g/mol. The quantitative estimate of drug-likeness (QED) is 0.876. The number of amides is 1. The molecule has 0 aliphatic carbocycles. The number of nitrogens with one attached hydrogen (secondary N) is 1. The normalized spacial score (nSPS) is 29.6. The molecule has 0 spiro atoms. The molecule has 1 N–H and O–H groups in total. The molecule has 1 aromatic rings.